The molecule has 0 fully saturated rings. The van der Waals surface area contributed by atoms with Crippen molar-refractivity contribution in [3.8, 4) is 0 Å². The molecule has 1 heterocycles. The van der Waals surface area contributed by atoms with Crippen molar-refractivity contribution in [3.05, 3.63) is 5.01 Å². The number of alkyl halides is 3. The number of hydrogen-bond acceptors (Lipinski definition) is 6. The van der Waals surface area contributed by atoms with Crippen LogP contribution in [0.1, 0.15) is 18.4 Å². The summed E-state index contributed by atoms with van der Waals surface area (Å²) in [4.78, 5) is 0. The summed E-state index contributed by atoms with van der Waals surface area (Å²) in [6, 6.07) is 0. The summed E-state index contributed by atoms with van der Waals surface area (Å²) in [5.74, 6) is 0. The molecule has 18 heavy (non-hydrogen) atoms. The fourth-order valence-electron chi connectivity index (χ4n) is 1.09. The molecule has 0 amide bonds. The van der Waals surface area contributed by atoms with Crippen LogP contribution in [0.25, 0.3) is 0 Å². The van der Waals surface area contributed by atoms with E-state index >= 15 is 0 Å². The van der Waals surface area contributed by atoms with Gasteiger partial charge in [-0.3, -0.25) is 0 Å². The summed E-state index contributed by atoms with van der Waals surface area (Å²) in [7, 11) is 1.50. The molecule has 104 valence electrons. The van der Waals surface area contributed by atoms with Crippen molar-refractivity contribution in [1.82, 2.24) is 10.2 Å². The summed E-state index contributed by atoms with van der Waals surface area (Å²) in [6.07, 6.45) is -4.13. The zero-order chi connectivity index (χ0) is 13.8. The first-order chi connectivity index (χ1) is 8.24. The molecule has 1 rings (SSSR count). The van der Waals surface area contributed by atoms with Gasteiger partial charge in [0.15, 0.2) is 0 Å². The first-order valence-corrected chi connectivity index (χ1v) is 5.92. The second kappa shape index (κ2) is 5.81. The molecule has 0 radical (unpaired) electrons. The van der Waals surface area contributed by atoms with E-state index in [4.69, 9.17) is 4.74 Å². The number of anilines is 1. The van der Waals surface area contributed by atoms with Crippen LogP contribution < -0.4 is 5.32 Å². The molecule has 1 aromatic heterocycles. The van der Waals surface area contributed by atoms with E-state index in [2.05, 4.69) is 15.5 Å². The largest absolute Gasteiger partial charge is 0.445 e. The van der Waals surface area contributed by atoms with Gasteiger partial charge in [-0.15, -0.1) is 10.2 Å². The first-order valence-electron chi connectivity index (χ1n) is 5.10. The molecule has 2 N–H and O–H groups in total. The predicted molar refractivity (Wildman–Crippen MR) is 60.5 cm³/mol. The molecule has 0 bridgehead atoms. The maximum absolute atomic E-state index is 12.3. The van der Waals surface area contributed by atoms with Gasteiger partial charge >= 0.3 is 6.18 Å². The van der Waals surface area contributed by atoms with Gasteiger partial charge in [-0.05, 0) is 6.92 Å². The van der Waals surface area contributed by atoms with E-state index in [9.17, 15) is 18.3 Å². The average Bonchev–Trinajstić information content (AvgIpc) is 2.72. The van der Waals surface area contributed by atoms with E-state index in [0.717, 1.165) is 0 Å². The third kappa shape index (κ3) is 4.75. The van der Waals surface area contributed by atoms with Gasteiger partial charge in [-0.2, -0.15) is 13.2 Å². The van der Waals surface area contributed by atoms with Crippen molar-refractivity contribution in [2.75, 3.05) is 25.6 Å². The van der Waals surface area contributed by atoms with Gasteiger partial charge in [0, 0.05) is 26.7 Å². The number of aromatic nitrogens is 2. The zero-order valence-corrected chi connectivity index (χ0v) is 10.7. The molecular weight excluding hydrogens is 271 g/mol. The quantitative estimate of drug-likeness (QED) is 0.833. The Labute approximate surface area is 106 Å². The molecule has 0 saturated heterocycles. The van der Waals surface area contributed by atoms with Crippen LogP contribution >= 0.6 is 11.3 Å². The fourth-order valence-corrected chi connectivity index (χ4v) is 1.69. The topological polar surface area (TPSA) is 67.3 Å². The van der Waals surface area contributed by atoms with E-state index in [1.807, 2.05) is 0 Å². The monoisotopic (exact) mass is 285 g/mol. The van der Waals surface area contributed by atoms with Gasteiger partial charge in [0.25, 0.3) is 0 Å². The van der Waals surface area contributed by atoms with Crippen molar-refractivity contribution >= 4 is 16.5 Å². The standard InChI is InChI=1S/C9H14F3N3O2S/c1-8(16,3-4-17-2)5-13-7-15-14-6(18-7)9(10,11)12/h16H,3-5H2,1-2H3,(H,13,15). The maximum atomic E-state index is 12.3. The highest BCUT2D eigenvalue weighted by Crippen LogP contribution is 2.33. The molecule has 0 aliphatic heterocycles. The van der Waals surface area contributed by atoms with Crippen molar-refractivity contribution in [3.63, 3.8) is 0 Å². The van der Waals surface area contributed by atoms with Crippen molar-refractivity contribution in [1.29, 1.82) is 0 Å². The molecule has 0 aliphatic rings. The predicted octanol–water partition coefficient (Wildman–Crippen LogP) is 1.76. The molecule has 0 saturated carbocycles. The van der Waals surface area contributed by atoms with Gasteiger partial charge in [0.1, 0.15) is 0 Å². The number of halogens is 3. The first kappa shape index (κ1) is 15.1. The molecule has 1 aromatic rings. The number of aliphatic hydroxyl groups is 1. The Kier molecular flexibility index (Phi) is 4.88. The van der Waals surface area contributed by atoms with Crippen LogP contribution in [0, 0.1) is 0 Å². The maximum Gasteiger partial charge on any atom is 0.445 e. The lowest BCUT2D eigenvalue weighted by molar-refractivity contribution is -0.138. The van der Waals surface area contributed by atoms with Crippen LogP contribution in [-0.4, -0.2) is 41.2 Å². The highest BCUT2D eigenvalue weighted by molar-refractivity contribution is 7.15. The van der Waals surface area contributed by atoms with E-state index in [1.54, 1.807) is 6.92 Å². The van der Waals surface area contributed by atoms with Crippen molar-refractivity contribution in [2.24, 2.45) is 0 Å². The van der Waals surface area contributed by atoms with E-state index in [1.165, 1.54) is 7.11 Å². The van der Waals surface area contributed by atoms with Crippen LogP contribution in [0.3, 0.4) is 0 Å². The molecule has 5 nitrogen and oxygen atoms in total. The number of methoxy groups -OCH3 is 1. The average molecular weight is 285 g/mol. The third-order valence-electron chi connectivity index (χ3n) is 2.13. The van der Waals surface area contributed by atoms with Crippen LogP contribution in [-0.2, 0) is 10.9 Å². The smallest absolute Gasteiger partial charge is 0.388 e. The highest BCUT2D eigenvalue weighted by atomic mass is 32.1. The SMILES string of the molecule is COCCC(C)(O)CNc1nnc(C(F)(F)F)s1. The Morgan fingerprint density at radius 1 is 1.39 bits per heavy atom. The number of rotatable bonds is 6. The van der Waals surface area contributed by atoms with Crippen LogP contribution in [0.15, 0.2) is 0 Å². The number of ether oxygens (including phenoxy) is 1. The fraction of sp³-hybridized carbons (Fsp3) is 0.778. The number of nitrogens with zero attached hydrogens (tertiary/aromatic N) is 2. The minimum Gasteiger partial charge on any atom is -0.388 e. The highest BCUT2D eigenvalue weighted by Gasteiger charge is 2.35. The lowest BCUT2D eigenvalue weighted by Gasteiger charge is -2.22. The molecule has 1 atom stereocenters. The van der Waals surface area contributed by atoms with Gasteiger partial charge in [0.05, 0.1) is 5.60 Å². The number of nitrogens with one attached hydrogen (secondary N) is 1. The second-order valence-corrected chi connectivity index (χ2v) is 4.98. The van der Waals surface area contributed by atoms with Gasteiger partial charge in [-0.1, -0.05) is 11.3 Å². The number of hydrogen-bond donors (Lipinski definition) is 2. The van der Waals surface area contributed by atoms with Crippen LogP contribution in [0.4, 0.5) is 18.3 Å². The Balaban J connectivity index is 2.51. The lowest BCUT2D eigenvalue weighted by Crippen LogP contribution is -2.34. The Morgan fingerprint density at radius 3 is 2.56 bits per heavy atom. The zero-order valence-electron chi connectivity index (χ0n) is 9.91. The molecule has 0 aromatic carbocycles. The van der Waals surface area contributed by atoms with E-state index in [0.29, 0.717) is 24.4 Å². The molecule has 0 spiro atoms. The summed E-state index contributed by atoms with van der Waals surface area (Å²) in [5, 5.41) is 17.9. The van der Waals surface area contributed by atoms with Gasteiger partial charge < -0.3 is 15.2 Å². The molecule has 1 unspecified atom stereocenters. The summed E-state index contributed by atoms with van der Waals surface area (Å²) in [5.41, 5.74) is -1.08. The lowest BCUT2D eigenvalue weighted by atomic mass is 10.0. The van der Waals surface area contributed by atoms with Gasteiger partial charge in [-0.25, -0.2) is 0 Å². The molecular formula is C9H14F3N3O2S. The van der Waals surface area contributed by atoms with Gasteiger partial charge in [0.2, 0.25) is 10.1 Å². The Bertz CT molecular complexity index is 381. The summed E-state index contributed by atoms with van der Waals surface area (Å²) >= 11 is 0.404. The van der Waals surface area contributed by atoms with E-state index < -0.39 is 16.8 Å². The minimum atomic E-state index is -4.49. The summed E-state index contributed by atoms with van der Waals surface area (Å²) < 4.78 is 41.6. The van der Waals surface area contributed by atoms with Crippen LogP contribution in [0.5, 0.6) is 0 Å². The second-order valence-electron chi connectivity index (χ2n) is 4.00. The molecule has 9 heteroatoms. The normalized spacial score (nSPS) is 15.4. The van der Waals surface area contributed by atoms with Crippen LogP contribution in [0.2, 0.25) is 0 Å². The van der Waals surface area contributed by atoms with Crippen molar-refractivity contribution in [2.45, 2.75) is 25.1 Å². The van der Waals surface area contributed by atoms with Crippen molar-refractivity contribution < 1.29 is 23.0 Å². The Hall–Kier alpha value is -0.930. The minimum absolute atomic E-state index is 0.0278. The third-order valence-corrected chi connectivity index (χ3v) is 3.06. The molecule has 0 aliphatic carbocycles. The summed E-state index contributed by atoms with van der Waals surface area (Å²) in [6.45, 7) is 1.99. The van der Waals surface area contributed by atoms with E-state index in [-0.39, 0.29) is 11.7 Å². The Morgan fingerprint density at radius 2 is 2.06 bits per heavy atom.